The van der Waals surface area contributed by atoms with Gasteiger partial charge in [-0.1, -0.05) is 48.5 Å². The highest BCUT2D eigenvalue weighted by atomic mass is 19.1. The summed E-state index contributed by atoms with van der Waals surface area (Å²) in [5.41, 5.74) is 0.972. The van der Waals surface area contributed by atoms with Crippen molar-refractivity contribution in [1.82, 2.24) is 24.6 Å². The van der Waals surface area contributed by atoms with Crippen molar-refractivity contribution in [2.75, 3.05) is 13.2 Å². The quantitative estimate of drug-likeness (QED) is 0.361. The highest BCUT2D eigenvalue weighted by molar-refractivity contribution is 6.09. The summed E-state index contributed by atoms with van der Waals surface area (Å²) in [6, 6.07) is 17.7. The third-order valence-electron chi connectivity index (χ3n) is 5.95. The van der Waals surface area contributed by atoms with Gasteiger partial charge >= 0.3 is 0 Å². The summed E-state index contributed by atoms with van der Waals surface area (Å²) in [6.45, 7) is 2.97. The number of amides is 1. The lowest BCUT2D eigenvalue weighted by molar-refractivity contribution is 0.0950. The smallest absolute Gasteiger partial charge is 0.264 e. The van der Waals surface area contributed by atoms with Crippen molar-refractivity contribution in [3.8, 4) is 5.75 Å². The molecule has 0 radical (unpaired) electrons. The van der Waals surface area contributed by atoms with Crippen LogP contribution in [0.3, 0.4) is 0 Å². The van der Waals surface area contributed by atoms with Gasteiger partial charge < -0.3 is 10.1 Å². The standard InChI is InChI=1S/C27H24FN5O3/c1-2-36-23-12-11-18-7-3-5-9-20(18)24(23)26(34)29-13-14-33-25-21(15-31-33)27(35)32(17-30-25)16-19-8-4-6-10-22(19)28/h3-12,15,17H,2,13-14,16H2,1H3,(H,29,34). The van der Waals surface area contributed by atoms with Crippen LogP contribution in [0.4, 0.5) is 4.39 Å². The molecule has 0 spiro atoms. The minimum Gasteiger partial charge on any atom is -0.493 e. The van der Waals surface area contributed by atoms with Gasteiger partial charge in [0.25, 0.3) is 11.5 Å². The molecule has 9 heteroatoms. The first kappa shape index (κ1) is 23.2. The normalized spacial score (nSPS) is 11.2. The zero-order valence-electron chi connectivity index (χ0n) is 19.6. The molecule has 3 aromatic carbocycles. The van der Waals surface area contributed by atoms with Crippen LogP contribution in [0.1, 0.15) is 22.8 Å². The van der Waals surface area contributed by atoms with Gasteiger partial charge in [-0.15, -0.1) is 0 Å². The second-order valence-electron chi connectivity index (χ2n) is 8.22. The Morgan fingerprint density at radius 1 is 1.06 bits per heavy atom. The van der Waals surface area contributed by atoms with Gasteiger partial charge in [0.15, 0.2) is 5.65 Å². The topological polar surface area (TPSA) is 91.0 Å². The predicted octanol–water partition coefficient (Wildman–Crippen LogP) is 3.76. The average Bonchev–Trinajstić information content (AvgIpc) is 3.30. The highest BCUT2D eigenvalue weighted by Crippen LogP contribution is 2.28. The predicted molar refractivity (Wildman–Crippen MR) is 135 cm³/mol. The largest absolute Gasteiger partial charge is 0.493 e. The Morgan fingerprint density at radius 2 is 1.86 bits per heavy atom. The van der Waals surface area contributed by atoms with Gasteiger partial charge in [0.1, 0.15) is 23.3 Å². The van der Waals surface area contributed by atoms with Crippen LogP contribution in [0.15, 0.2) is 78.0 Å². The molecule has 0 atom stereocenters. The molecular formula is C27H24FN5O3. The molecule has 8 nitrogen and oxygen atoms in total. The number of benzene rings is 3. The molecule has 2 aromatic heterocycles. The molecule has 0 aliphatic heterocycles. The lowest BCUT2D eigenvalue weighted by atomic mass is 10.0. The summed E-state index contributed by atoms with van der Waals surface area (Å²) in [5, 5.41) is 9.28. The number of halogens is 1. The third-order valence-corrected chi connectivity index (χ3v) is 5.95. The van der Waals surface area contributed by atoms with Crippen LogP contribution in [0, 0.1) is 5.82 Å². The zero-order chi connectivity index (χ0) is 25.1. The summed E-state index contributed by atoms with van der Waals surface area (Å²) in [7, 11) is 0. The molecule has 36 heavy (non-hydrogen) atoms. The summed E-state index contributed by atoms with van der Waals surface area (Å²) in [5.74, 6) is -0.114. The first-order valence-corrected chi connectivity index (χ1v) is 11.6. The van der Waals surface area contributed by atoms with Crippen LogP contribution < -0.4 is 15.6 Å². The number of nitrogens with zero attached hydrogens (tertiary/aromatic N) is 4. The summed E-state index contributed by atoms with van der Waals surface area (Å²) in [4.78, 5) is 30.4. The van der Waals surface area contributed by atoms with Crippen molar-refractivity contribution in [2.24, 2.45) is 0 Å². The SMILES string of the molecule is CCOc1ccc2ccccc2c1C(=O)NCCn1ncc2c(=O)n(Cc3ccccc3F)cnc21. The average molecular weight is 486 g/mol. The van der Waals surface area contributed by atoms with Crippen molar-refractivity contribution in [2.45, 2.75) is 20.0 Å². The van der Waals surface area contributed by atoms with E-state index < -0.39 is 0 Å². The maximum absolute atomic E-state index is 14.0. The fourth-order valence-electron chi connectivity index (χ4n) is 4.21. The molecule has 0 saturated heterocycles. The van der Waals surface area contributed by atoms with Gasteiger partial charge in [0.2, 0.25) is 0 Å². The minimum absolute atomic E-state index is 0.0723. The van der Waals surface area contributed by atoms with E-state index in [-0.39, 0.29) is 30.4 Å². The van der Waals surface area contributed by atoms with Crippen molar-refractivity contribution in [3.05, 3.63) is 100 Å². The Labute approximate surface area is 206 Å². The van der Waals surface area contributed by atoms with Gasteiger partial charge in [0, 0.05) is 12.1 Å². The van der Waals surface area contributed by atoms with Crippen LogP contribution >= 0.6 is 0 Å². The zero-order valence-corrected chi connectivity index (χ0v) is 19.6. The lowest BCUT2D eigenvalue weighted by Crippen LogP contribution is -2.28. The number of nitrogens with one attached hydrogen (secondary N) is 1. The minimum atomic E-state index is -0.380. The molecule has 5 rings (SSSR count). The van der Waals surface area contributed by atoms with Crippen molar-refractivity contribution < 1.29 is 13.9 Å². The number of carbonyl (C=O) groups is 1. The maximum Gasteiger partial charge on any atom is 0.264 e. The van der Waals surface area contributed by atoms with E-state index in [1.165, 1.54) is 23.2 Å². The van der Waals surface area contributed by atoms with E-state index in [2.05, 4.69) is 15.4 Å². The number of fused-ring (bicyclic) bond motifs is 2. The Kier molecular flexibility index (Phi) is 6.44. The summed E-state index contributed by atoms with van der Waals surface area (Å²) >= 11 is 0. The second-order valence-corrected chi connectivity index (χ2v) is 8.22. The van der Waals surface area contributed by atoms with E-state index in [1.807, 2.05) is 37.3 Å². The fourth-order valence-corrected chi connectivity index (χ4v) is 4.21. The Bertz CT molecular complexity index is 1630. The number of aromatic nitrogens is 4. The molecule has 0 fully saturated rings. The van der Waals surface area contributed by atoms with E-state index in [4.69, 9.17) is 4.74 Å². The number of hydrogen-bond acceptors (Lipinski definition) is 5. The van der Waals surface area contributed by atoms with Crippen molar-refractivity contribution >= 4 is 27.7 Å². The Morgan fingerprint density at radius 3 is 2.69 bits per heavy atom. The van der Waals surface area contributed by atoms with Crippen LogP contribution in [0.5, 0.6) is 5.75 Å². The number of carbonyl (C=O) groups excluding carboxylic acids is 1. The maximum atomic E-state index is 14.0. The molecule has 0 saturated carbocycles. The van der Waals surface area contributed by atoms with Crippen LogP contribution in [0.2, 0.25) is 0 Å². The molecular weight excluding hydrogens is 461 g/mol. The Balaban J connectivity index is 1.33. The van der Waals surface area contributed by atoms with Gasteiger partial charge in [-0.25, -0.2) is 14.1 Å². The van der Waals surface area contributed by atoms with E-state index in [1.54, 1.807) is 28.9 Å². The highest BCUT2D eigenvalue weighted by Gasteiger charge is 2.17. The molecule has 1 N–H and O–H groups in total. The molecule has 0 aliphatic carbocycles. The van der Waals surface area contributed by atoms with Crippen molar-refractivity contribution in [1.29, 1.82) is 0 Å². The third kappa shape index (κ3) is 4.43. The molecule has 182 valence electrons. The molecule has 0 bridgehead atoms. The molecule has 5 aromatic rings. The first-order chi connectivity index (χ1) is 17.6. The van der Waals surface area contributed by atoms with Gasteiger partial charge in [-0.2, -0.15) is 5.10 Å². The number of rotatable bonds is 8. The summed E-state index contributed by atoms with van der Waals surface area (Å²) in [6.07, 6.45) is 2.83. The number of hydrogen-bond donors (Lipinski definition) is 1. The fraction of sp³-hybridized carbons (Fsp3) is 0.185. The van der Waals surface area contributed by atoms with E-state index in [0.29, 0.717) is 41.1 Å². The molecule has 0 aliphatic rings. The van der Waals surface area contributed by atoms with Crippen LogP contribution in [-0.2, 0) is 13.1 Å². The molecule has 0 unspecified atom stereocenters. The van der Waals surface area contributed by atoms with Gasteiger partial charge in [0.05, 0.1) is 31.5 Å². The molecule has 2 heterocycles. The second kappa shape index (κ2) is 9.99. The van der Waals surface area contributed by atoms with E-state index >= 15 is 0 Å². The van der Waals surface area contributed by atoms with E-state index in [9.17, 15) is 14.0 Å². The van der Waals surface area contributed by atoms with E-state index in [0.717, 1.165) is 10.8 Å². The van der Waals surface area contributed by atoms with Crippen LogP contribution in [-0.4, -0.2) is 38.4 Å². The Hall–Kier alpha value is -4.53. The molecule has 1 amide bonds. The lowest BCUT2D eigenvalue weighted by Gasteiger charge is -2.13. The van der Waals surface area contributed by atoms with Crippen LogP contribution in [0.25, 0.3) is 21.8 Å². The van der Waals surface area contributed by atoms with Gasteiger partial charge in [-0.3, -0.25) is 14.2 Å². The monoisotopic (exact) mass is 485 g/mol. The number of ether oxygens (including phenoxy) is 1. The van der Waals surface area contributed by atoms with Crippen molar-refractivity contribution in [3.63, 3.8) is 0 Å². The first-order valence-electron chi connectivity index (χ1n) is 11.6. The summed E-state index contributed by atoms with van der Waals surface area (Å²) < 4.78 is 22.6. The van der Waals surface area contributed by atoms with Gasteiger partial charge in [-0.05, 0) is 29.8 Å².